The summed E-state index contributed by atoms with van der Waals surface area (Å²) >= 11 is 0. The van der Waals surface area contributed by atoms with Crippen LogP contribution in [0.5, 0.6) is 0 Å². The summed E-state index contributed by atoms with van der Waals surface area (Å²) in [5.74, 6) is 0. The second-order valence-electron chi connectivity index (χ2n) is 7.59. The predicted octanol–water partition coefficient (Wildman–Crippen LogP) is 5.89. The van der Waals surface area contributed by atoms with Gasteiger partial charge >= 0.3 is 0 Å². The highest BCUT2D eigenvalue weighted by Gasteiger charge is 2.16. The molecule has 0 aromatic carbocycles. The Morgan fingerprint density at radius 1 is 0.680 bits per heavy atom. The van der Waals surface area contributed by atoms with Crippen LogP contribution >= 0.6 is 0 Å². The van der Waals surface area contributed by atoms with Crippen LogP contribution in [-0.2, 0) is 10.1 Å². The van der Waals surface area contributed by atoms with Crippen molar-refractivity contribution in [2.45, 2.75) is 128 Å². The molecule has 0 aliphatic heterocycles. The minimum absolute atomic E-state index is 0.179. The highest BCUT2D eigenvalue weighted by atomic mass is 32.2. The first-order valence-electron chi connectivity index (χ1n) is 10.5. The fourth-order valence-electron chi connectivity index (χ4n) is 3.15. The van der Waals surface area contributed by atoms with E-state index >= 15 is 0 Å². The minimum Gasteiger partial charge on any atom is -0.393 e. The van der Waals surface area contributed by atoms with E-state index in [1.807, 2.05) is 0 Å². The fourth-order valence-corrected chi connectivity index (χ4v) is 3.61. The van der Waals surface area contributed by atoms with Crippen molar-refractivity contribution in [3.63, 3.8) is 0 Å². The molecule has 0 aliphatic rings. The SMILES string of the molecule is CCCCCCCCCCCC(O)CCCCCCC(C)S(=O)(=O)O. The first-order chi connectivity index (χ1) is 11.9. The van der Waals surface area contributed by atoms with Gasteiger partial charge in [-0.25, -0.2) is 0 Å². The molecule has 2 N–H and O–H groups in total. The molecule has 25 heavy (non-hydrogen) atoms. The van der Waals surface area contributed by atoms with Crippen molar-refractivity contribution >= 4 is 10.1 Å². The van der Waals surface area contributed by atoms with Crippen molar-refractivity contribution in [3.8, 4) is 0 Å². The van der Waals surface area contributed by atoms with Crippen LogP contribution in [0.4, 0.5) is 0 Å². The summed E-state index contributed by atoms with van der Waals surface area (Å²) in [5.41, 5.74) is 0. The van der Waals surface area contributed by atoms with Crippen LogP contribution in [0.25, 0.3) is 0 Å². The Bertz CT molecular complexity index is 381. The van der Waals surface area contributed by atoms with E-state index in [0.29, 0.717) is 6.42 Å². The van der Waals surface area contributed by atoms with Gasteiger partial charge in [0, 0.05) is 0 Å². The molecule has 0 saturated carbocycles. The third-order valence-corrected chi connectivity index (χ3v) is 6.30. The molecule has 2 atom stereocenters. The van der Waals surface area contributed by atoms with Crippen LogP contribution in [-0.4, -0.2) is 29.4 Å². The predicted molar refractivity (Wildman–Crippen MR) is 107 cm³/mol. The second-order valence-corrected chi connectivity index (χ2v) is 9.42. The van der Waals surface area contributed by atoms with E-state index in [4.69, 9.17) is 4.55 Å². The normalized spacial score (nSPS) is 14.6. The standard InChI is InChI=1S/C20H42O4S/c1-3-4-5-6-7-8-9-10-14-17-20(21)18-15-12-11-13-16-19(2)25(22,23)24/h19-21H,3-18H2,1-2H3,(H,22,23,24). The zero-order chi connectivity index (χ0) is 19.0. The average Bonchev–Trinajstić information content (AvgIpc) is 2.55. The smallest absolute Gasteiger partial charge is 0.267 e. The summed E-state index contributed by atoms with van der Waals surface area (Å²) in [6.45, 7) is 3.79. The van der Waals surface area contributed by atoms with Crippen molar-refractivity contribution < 1.29 is 18.1 Å². The van der Waals surface area contributed by atoms with E-state index in [9.17, 15) is 13.5 Å². The molecule has 4 nitrogen and oxygen atoms in total. The first kappa shape index (κ1) is 24.9. The quantitative estimate of drug-likeness (QED) is 0.230. The summed E-state index contributed by atoms with van der Waals surface area (Å²) in [6.07, 6.45) is 17.7. The minimum atomic E-state index is -3.87. The molecule has 0 aromatic heterocycles. The third-order valence-electron chi connectivity index (χ3n) is 5.05. The Labute approximate surface area is 156 Å². The summed E-state index contributed by atoms with van der Waals surface area (Å²) in [4.78, 5) is 0. The summed E-state index contributed by atoms with van der Waals surface area (Å²) in [7, 11) is -3.87. The molecule has 152 valence electrons. The Kier molecular flexibility index (Phi) is 16.0. The monoisotopic (exact) mass is 378 g/mol. The Hall–Kier alpha value is -0.130. The van der Waals surface area contributed by atoms with Gasteiger partial charge in [0.05, 0.1) is 11.4 Å². The summed E-state index contributed by atoms with van der Waals surface area (Å²) in [6, 6.07) is 0. The van der Waals surface area contributed by atoms with E-state index < -0.39 is 15.4 Å². The lowest BCUT2D eigenvalue weighted by atomic mass is 10.0. The molecular formula is C20H42O4S. The van der Waals surface area contributed by atoms with Crippen LogP contribution in [0.15, 0.2) is 0 Å². The third kappa shape index (κ3) is 17.1. The maximum absolute atomic E-state index is 10.9. The molecule has 0 radical (unpaired) electrons. The number of hydrogen-bond donors (Lipinski definition) is 2. The van der Waals surface area contributed by atoms with Crippen LogP contribution in [0.2, 0.25) is 0 Å². The Balaban J connectivity index is 3.32. The molecule has 0 rings (SSSR count). The Morgan fingerprint density at radius 2 is 1.04 bits per heavy atom. The number of unbranched alkanes of at least 4 members (excludes halogenated alkanes) is 11. The van der Waals surface area contributed by atoms with Crippen molar-refractivity contribution in [2.24, 2.45) is 0 Å². The average molecular weight is 379 g/mol. The molecule has 5 heteroatoms. The van der Waals surface area contributed by atoms with E-state index in [2.05, 4.69) is 6.92 Å². The molecule has 0 heterocycles. The molecule has 0 aromatic rings. The van der Waals surface area contributed by atoms with Gasteiger partial charge in [-0.2, -0.15) is 8.42 Å². The van der Waals surface area contributed by atoms with Gasteiger partial charge in [-0.05, 0) is 26.2 Å². The molecule has 0 saturated heterocycles. The second kappa shape index (κ2) is 16.1. The van der Waals surface area contributed by atoms with E-state index in [-0.39, 0.29) is 6.10 Å². The van der Waals surface area contributed by atoms with Crippen molar-refractivity contribution in [2.75, 3.05) is 0 Å². The van der Waals surface area contributed by atoms with Gasteiger partial charge in [-0.15, -0.1) is 0 Å². The van der Waals surface area contributed by atoms with Crippen molar-refractivity contribution in [3.05, 3.63) is 0 Å². The van der Waals surface area contributed by atoms with Crippen LogP contribution in [0.3, 0.4) is 0 Å². The van der Waals surface area contributed by atoms with Crippen LogP contribution in [0.1, 0.15) is 117 Å². The van der Waals surface area contributed by atoms with Crippen molar-refractivity contribution in [1.29, 1.82) is 0 Å². The maximum atomic E-state index is 10.9. The van der Waals surface area contributed by atoms with Gasteiger partial charge < -0.3 is 5.11 Å². The van der Waals surface area contributed by atoms with Gasteiger partial charge in [-0.3, -0.25) is 4.55 Å². The number of aliphatic hydroxyl groups is 1. The summed E-state index contributed by atoms with van der Waals surface area (Å²) < 4.78 is 30.7. The Morgan fingerprint density at radius 3 is 1.44 bits per heavy atom. The van der Waals surface area contributed by atoms with Crippen LogP contribution < -0.4 is 0 Å². The molecule has 0 bridgehead atoms. The highest BCUT2D eigenvalue weighted by Crippen LogP contribution is 2.15. The summed E-state index contributed by atoms with van der Waals surface area (Å²) in [5, 5.41) is 9.33. The largest absolute Gasteiger partial charge is 0.393 e. The van der Waals surface area contributed by atoms with Crippen molar-refractivity contribution in [1.82, 2.24) is 0 Å². The van der Waals surface area contributed by atoms with Gasteiger partial charge in [0.15, 0.2) is 0 Å². The topological polar surface area (TPSA) is 74.6 Å². The molecule has 0 amide bonds. The first-order valence-corrected chi connectivity index (χ1v) is 12.0. The molecule has 0 spiro atoms. The van der Waals surface area contributed by atoms with Crippen LogP contribution in [0, 0.1) is 0 Å². The number of hydrogen-bond acceptors (Lipinski definition) is 3. The van der Waals surface area contributed by atoms with Gasteiger partial charge in [0.25, 0.3) is 10.1 Å². The molecular weight excluding hydrogens is 336 g/mol. The van der Waals surface area contributed by atoms with E-state index in [1.54, 1.807) is 6.92 Å². The van der Waals surface area contributed by atoms with Gasteiger partial charge in [0.2, 0.25) is 0 Å². The highest BCUT2D eigenvalue weighted by molar-refractivity contribution is 7.86. The number of rotatable bonds is 18. The fraction of sp³-hybridized carbons (Fsp3) is 1.00. The van der Waals surface area contributed by atoms with E-state index in [1.165, 1.54) is 51.4 Å². The van der Waals surface area contributed by atoms with Gasteiger partial charge in [0.1, 0.15) is 0 Å². The maximum Gasteiger partial charge on any atom is 0.267 e. The lowest BCUT2D eigenvalue weighted by Crippen LogP contribution is -2.16. The van der Waals surface area contributed by atoms with Gasteiger partial charge in [-0.1, -0.05) is 90.4 Å². The lowest BCUT2D eigenvalue weighted by Gasteiger charge is -2.11. The zero-order valence-corrected chi connectivity index (χ0v) is 17.4. The molecule has 0 aliphatic carbocycles. The molecule has 2 unspecified atom stereocenters. The lowest BCUT2D eigenvalue weighted by molar-refractivity contribution is 0.147. The molecule has 0 fully saturated rings. The zero-order valence-electron chi connectivity index (χ0n) is 16.6. The van der Waals surface area contributed by atoms with E-state index in [0.717, 1.165) is 44.9 Å². The number of aliphatic hydroxyl groups excluding tert-OH is 1.